The van der Waals surface area contributed by atoms with E-state index in [0.29, 0.717) is 17.1 Å². The van der Waals surface area contributed by atoms with Crippen LogP contribution in [-0.2, 0) is 29.0 Å². The summed E-state index contributed by atoms with van der Waals surface area (Å²) in [6, 6.07) is 1.47. The predicted octanol–water partition coefficient (Wildman–Crippen LogP) is 2.09. The number of esters is 1. The van der Waals surface area contributed by atoms with Crippen molar-refractivity contribution in [3.63, 3.8) is 0 Å². The number of aromatic nitrogens is 2. The minimum Gasteiger partial charge on any atom is -0.459 e. The normalized spacial score (nSPS) is 14.2. The lowest BCUT2D eigenvalue weighted by atomic mass is 10.0. The van der Waals surface area contributed by atoms with Crippen LogP contribution in [0.25, 0.3) is 4.96 Å². The summed E-state index contributed by atoms with van der Waals surface area (Å²) < 4.78 is 6.75. The van der Waals surface area contributed by atoms with Crippen molar-refractivity contribution in [1.29, 1.82) is 0 Å². The van der Waals surface area contributed by atoms with Gasteiger partial charge in [0.15, 0.2) is 4.96 Å². The number of rotatable bonds is 3. The molecule has 0 aliphatic heterocycles. The van der Waals surface area contributed by atoms with Crippen LogP contribution in [0.3, 0.4) is 0 Å². The largest absolute Gasteiger partial charge is 0.459 e. The lowest BCUT2D eigenvalue weighted by Gasteiger charge is -2.10. The van der Waals surface area contributed by atoms with Crippen LogP contribution in [0.4, 0.5) is 0 Å². The highest BCUT2D eigenvalue weighted by Crippen LogP contribution is 2.28. The fraction of sp³-hybridized carbons (Fsp3) is 0.500. The Morgan fingerprint density at radius 3 is 3.05 bits per heavy atom. The zero-order chi connectivity index (χ0) is 14.1. The lowest BCUT2D eigenvalue weighted by molar-refractivity contribution is -0.144. The molecule has 2 aromatic heterocycles. The average Bonchev–Trinajstić information content (AvgIpc) is 2.83. The van der Waals surface area contributed by atoms with E-state index in [9.17, 15) is 9.59 Å². The van der Waals surface area contributed by atoms with Gasteiger partial charge in [-0.15, -0.1) is 11.3 Å². The number of fused-ring (bicyclic) bond motifs is 3. The highest BCUT2D eigenvalue weighted by molar-refractivity contribution is 7.17. The van der Waals surface area contributed by atoms with Crippen LogP contribution < -0.4 is 5.56 Å². The molecule has 0 bridgehead atoms. The molecule has 0 amide bonds. The summed E-state index contributed by atoms with van der Waals surface area (Å²) >= 11 is 1.58. The van der Waals surface area contributed by atoms with Crippen molar-refractivity contribution in [3.05, 3.63) is 32.7 Å². The molecule has 0 aromatic carbocycles. The summed E-state index contributed by atoms with van der Waals surface area (Å²) in [7, 11) is 0. The Bertz CT molecular complexity index is 717. The van der Waals surface area contributed by atoms with Gasteiger partial charge < -0.3 is 4.74 Å². The van der Waals surface area contributed by atoms with Gasteiger partial charge in [-0.2, -0.15) is 0 Å². The molecule has 2 heterocycles. The van der Waals surface area contributed by atoms with E-state index in [-0.39, 0.29) is 18.1 Å². The van der Waals surface area contributed by atoms with Gasteiger partial charge in [-0.3, -0.25) is 14.0 Å². The Morgan fingerprint density at radius 1 is 1.45 bits per heavy atom. The van der Waals surface area contributed by atoms with Gasteiger partial charge in [0.2, 0.25) is 0 Å². The van der Waals surface area contributed by atoms with Gasteiger partial charge in [0.25, 0.3) is 5.56 Å². The smallest absolute Gasteiger partial charge is 0.305 e. The number of hydrogen-bond acceptors (Lipinski definition) is 5. The second-order valence-corrected chi connectivity index (χ2v) is 5.96. The number of carbonyl (C=O) groups excluding carboxylic acids is 1. The standard InChI is InChI=1S/C14H16N2O3S/c1-2-13(18)19-8-9-7-12(17)16-10-5-3-4-6-11(10)20-14(16)15-9/h7H,2-6,8H2,1H3. The molecule has 2 aromatic rings. The van der Waals surface area contributed by atoms with Crippen molar-refractivity contribution in [2.45, 2.75) is 45.6 Å². The zero-order valence-corrected chi connectivity index (χ0v) is 12.2. The first kappa shape index (κ1) is 13.3. The Kier molecular flexibility index (Phi) is 3.56. The minimum atomic E-state index is -0.280. The summed E-state index contributed by atoms with van der Waals surface area (Å²) in [6.07, 6.45) is 4.61. The fourth-order valence-corrected chi connectivity index (χ4v) is 3.70. The van der Waals surface area contributed by atoms with Gasteiger partial charge in [0, 0.05) is 23.1 Å². The number of carbonyl (C=O) groups is 1. The molecule has 0 fully saturated rings. The molecule has 3 rings (SSSR count). The van der Waals surface area contributed by atoms with Crippen molar-refractivity contribution in [1.82, 2.24) is 9.38 Å². The third-order valence-electron chi connectivity index (χ3n) is 3.48. The Balaban J connectivity index is 1.98. The maximum atomic E-state index is 12.2. The van der Waals surface area contributed by atoms with Gasteiger partial charge >= 0.3 is 5.97 Å². The van der Waals surface area contributed by atoms with E-state index in [0.717, 1.165) is 25.0 Å². The number of hydrogen-bond donors (Lipinski definition) is 0. The van der Waals surface area contributed by atoms with Crippen molar-refractivity contribution in [2.24, 2.45) is 0 Å². The third kappa shape index (κ3) is 2.35. The number of nitrogens with zero attached hydrogens (tertiary/aromatic N) is 2. The monoisotopic (exact) mass is 292 g/mol. The predicted molar refractivity (Wildman–Crippen MR) is 76.1 cm³/mol. The van der Waals surface area contributed by atoms with Gasteiger partial charge in [-0.25, -0.2) is 4.98 Å². The van der Waals surface area contributed by atoms with E-state index in [4.69, 9.17) is 4.74 Å². The number of aryl methyl sites for hydroxylation is 2. The molecule has 0 saturated heterocycles. The Morgan fingerprint density at radius 2 is 2.25 bits per heavy atom. The van der Waals surface area contributed by atoms with E-state index in [1.165, 1.54) is 17.4 Å². The summed E-state index contributed by atoms with van der Waals surface area (Å²) in [5.41, 5.74) is 1.57. The Labute approximate surface area is 120 Å². The molecule has 0 N–H and O–H groups in total. The van der Waals surface area contributed by atoms with Crippen molar-refractivity contribution in [3.8, 4) is 0 Å². The molecule has 0 atom stereocenters. The van der Waals surface area contributed by atoms with Crippen LogP contribution in [0.2, 0.25) is 0 Å². The van der Waals surface area contributed by atoms with Crippen LogP contribution >= 0.6 is 11.3 Å². The van der Waals surface area contributed by atoms with Gasteiger partial charge in [-0.1, -0.05) is 6.92 Å². The second-order valence-electron chi connectivity index (χ2n) is 4.90. The molecule has 0 radical (unpaired) electrons. The summed E-state index contributed by atoms with van der Waals surface area (Å²) in [5, 5.41) is 0. The van der Waals surface area contributed by atoms with E-state index >= 15 is 0 Å². The van der Waals surface area contributed by atoms with Crippen LogP contribution in [0.1, 0.15) is 42.5 Å². The van der Waals surface area contributed by atoms with Crippen molar-refractivity contribution in [2.75, 3.05) is 0 Å². The molecule has 0 saturated carbocycles. The Hall–Kier alpha value is -1.69. The highest BCUT2D eigenvalue weighted by Gasteiger charge is 2.18. The van der Waals surface area contributed by atoms with E-state index in [2.05, 4.69) is 4.98 Å². The highest BCUT2D eigenvalue weighted by atomic mass is 32.1. The number of thiazole rings is 1. The van der Waals surface area contributed by atoms with Crippen LogP contribution in [0.5, 0.6) is 0 Å². The van der Waals surface area contributed by atoms with Crippen molar-refractivity contribution >= 4 is 22.3 Å². The maximum Gasteiger partial charge on any atom is 0.305 e. The zero-order valence-electron chi connectivity index (χ0n) is 11.3. The molecule has 0 unspecified atom stereocenters. The molecule has 1 aliphatic rings. The topological polar surface area (TPSA) is 60.7 Å². The first-order chi connectivity index (χ1) is 9.69. The quantitative estimate of drug-likeness (QED) is 0.813. The molecule has 6 heteroatoms. The molecule has 1 aliphatic carbocycles. The number of ether oxygens (including phenoxy) is 1. The summed E-state index contributed by atoms with van der Waals surface area (Å²) in [4.78, 5) is 29.8. The minimum absolute atomic E-state index is 0.0704. The molecule has 20 heavy (non-hydrogen) atoms. The molecular formula is C14H16N2O3S. The fourth-order valence-electron chi connectivity index (χ4n) is 2.47. The van der Waals surface area contributed by atoms with Gasteiger partial charge in [0.1, 0.15) is 6.61 Å². The first-order valence-electron chi connectivity index (χ1n) is 6.88. The third-order valence-corrected chi connectivity index (χ3v) is 4.63. The summed E-state index contributed by atoms with van der Waals surface area (Å²) in [5.74, 6) is -0.280. The van der Waals surface area contributed by atoms with Crippen LogP contribution in [0.15, 0.2) is 10.9 Å². The van der Waals surface area contributed by atoms with E-state index in [1.807, 2.05) is 0 Å². The molecule has 106 valence electrons. The van der Waals surface area contributed by atoms with E-state index in [1.54, 1.807) is 22.7 Å². The average molecular weight is 292 g/mol. The molecular weight excluding hydrogens is 276 g/mol. The molecule has 5 nitrogen and oxygen atoms in total. The van der Waals surface area contributed by atoms with Crippen molar-refractivity contribution < 1.29 is 9.53 Å². The lowest BCUT2D eigenvalue weighted by Crippen LogP contribution is -2.18. The molecule has 0 spiro atoms. The van der Waals surface area contributed by atoms with Crippen LogP contribution in [0, 0.1) is 0 Å². The van der Waals surface area contributed by atoms with Crippen LogP contribution in [-0.4, -0.2) is 15.4 Å². The summed E-state index contributed by atoms with van der Waals surface area (Å²) in [6.45, 7) is 1.81. The first-order valence-corrected chi connectivity index (χ1v) is 7.69. The second kappa shape index (κ2) is 5.36. The van der Waals surface area contributed by atoms with E-state index < -0.39 is 0 Å². The SMILES string of the molecule is CCC(=O)OCc1cc(=O)n2c3c(sc2n1)CCCC3. The van der Waals surface area contributed by atoms with Gasteiger partial charge in [-0.05, 0) is 25.7 Å². The van der Waals surface area contributed by atoms with Gasteiger partial charge in [0.05, 0.1) is 5.69 Å². The maximum absolute atomic E-state index is 12.2.